The van der Waals surface area contributed by atoms with Crippen molar-refractivity contribution in [3.8, 4) is 0 Å². The molecule has 0 saturated heterocycles. The lowest BCUT2D eigenvalue weighted by molar-refractivity contribution is -0.0902. The van der Waals surface area contributed by atoms with Gasteiger partial charge in [-0.1, -0.05) is 31.4 Å². The molecular formula is C25H26F3N3O. The quantitative estimate of drug-likeness (QED) is 0.619. The number of aliphatic hydroxyl groups excluding tert-OH is 1. The maximum atomic E-state index is 13.9. The number of alkyl halides is 2. The minimum absolute atomic E-state index is 0.288. The Morgan fingerprint density at radius 3 is 2.53 bits per heavy atom. The Morgan fingerprint density at radius 2 is 1.91 bits per heavy atom. The standard InChI is InChI=1S/C25H26F3N3O/c1-15-9-10-19(11-16(15)2)23-13-22(17(3)29-14-24(32)25(5,27)28)18(4)31(30-23)21-8-6-7-20(26)12-21/h6-13,24,29,32H,3-4,14H2,1-2,5H3. The molecule has 32 heavy (non-hydrogen) atoms. The maximum Gasteiger partial charge on any atom is 0.272 e. The molecule has 7 heteroatoms. The molecule has 0 spiro atoms. The minimum atomic E-state index is -3.26. The molecule has 0 radical (unpaired) electrons. The lowest BCUT2D eigenvalue weighted by Gasteiger charge is -2.30. The van der Waals surface area contributed by atoms with Crippen LogP contribution in [0.25, 0.3) is 0 Å². The topological polar surface area (TPSA) is 47.9 Å². The van der Waals surface area contributed by atoms with E-state index in [-0.39, 0.29) is 5.70 Å². The molecule has 168 valence electrons. The first-order valence-electron chi connectivity index (χ1n) is 10.1. The van der Waals surface area contributed by atoms with Crippen LogP contribution in [-0.4, -0.2) is 29.4 Å². The number of halogens is 3. The predicted octanol–water partition coefficient (Wildman–Crippen LogP) is 5.23. The van der Waals surface area contributed by atoms with E-state index in [0.29, 0.717) is 29.6 Å². The summed E-state index contributed by atoms with van der Waals surface area (Å²) in [6.07, 6.45) is -0.141. The maximum absolute atomic E-state index is 13.9. The number of aliphatic hydroxyl groups is 1. The first-order chi connectivity index (χ1) is 15.0. The van der Waals surface area contributed by atoms with Gasteiger partial charge in [-0.05, 0) is 55.3 Å². The Hall–Kier alpha value is -3.32. The molecule has 4 nitrogen and oxygen atoms in total. The monoisotopic (exact) mass is 441 g/mol. The Bertz CT molecular complexity index is 1120. The third-order valence-corrected chi connectivity index (χ3v) is 5.33. The molecule has 0 saturated carbocycles. The van der Waals surface area contributed by atoms with Crippen molar-refractivity contribution >= 4 is 11.4 Å². The van der Waals surface area contributed by atoms with E-state index in [2.05, 4.69) is 23.6 Å². The van der Waals surface area contributed by atoms with Crippen molar-refractivity contribution in [3.05, 3.63) is 101 Å². The second-order valence-corrected chi connectivity index (χ2v) is 7.91. The van der Waals surface area contributed by atoms with E-state index in [1.165, 1.54) is 17.1 Å². The van der Waals surface area contributed by atoms with Crippen LogP contribution in [0.5, 0.6) is 0 Å². The smallest absolute Gasteiger partial charge is 0.272 e. The predicted molar refractivity (Wildman–Crippen MR) is 122 cm³/mol. The Labute approximate surface area is 186 Å². The highest BCUT2D eigenvalue weighted by atomic mass is 19.3. The largest absolute Gasteiger partial charge is 0.385 e. The lowest BCUT2D eigenvalue weighted by atomic mass is 9.98. The van der Waals surface area contributed by atoms with Crippen molar-refractivity contribution in [1.82, 2.24) is 5.32 Å². The molecule has 2 aromatic rings. The number of nitrogens with zero attached hydrogens (tertiary/aromatic N) is 2. The van der Waals surface area contributed by atoms with Gasteiger partial charge in [-0.3, -0.25) is 0 Å². The summed E-state index contributed by atoms with van der Waals surface area (Å²) in [6, 6.07) is 11.8. The van der Waals surface area contributed by atoms with E-state index in [9.17, 15) is 18.3 Å². The average Bonchev–Trinajstić information content (AvgIpc) is 2.73. The Kier molecular flexibility index (Phi) is 6.60. The molecule has 0 aliphatic carbocycles. The highest BCUT2D eigenvalue weighted by Gasteiger charge is 2.32. The van der Waals surface area contributed by atoms with Crippen molar-refractivity contribution in [2.75, 3.05) is 11.6 Å². The van der Waals surface area contributed by atoms with Crippen LogP contribution in [0, 0.1) is 19.7 Å². The summed E-state index contributed by atoms with van der Waals surface area (Å²) in [6.45, 7) is 12.2. The zero-order valence-electron chi connectivity index (χ0n) is 18.3. The third kappa shape index (κ3) is 5.11. The number of hydrazone groups is 1. The summed E-state index contributed by atoms with van der Waals surface area (Å²) in [7, 11) is 0. The van der Waals surface area contributed by atoms with Gasteiger partial charge in [0.05, 0.1) is 17.1 Å². The highest BCUT2D eigenvalue weighted by Crippen LogP contribution is 2.31. The van der Waals surface area contributed by atoms with Crippen molar-refractivity contribution in [1.29, 1.82) is 0 Å². The molecule has 1 unspecified atom stereocenters. The Morgan fingerprint density at radius 1 is 1.19 bits per heavy atom. The van der Waals surface area contributed by atoms with Gasteiger partial charge in [0.15, 0.2) is 0 Å². The van der Waals surface area contributed by atoms with Crippen LogP contribution in [0.4, 0.5) is 18.9 Å². The molecule has 1 aliphatic rings. The van der Waals surface area contributed by atoms with Gasteiger partial charge in [-0.2, -0.15) is 5.10 Å². The minimum Gasteiger partial charge on any atom is -0.385 e. The molecule has 1 heterocycles. The molecule has 0 fully saturated rings. The number of rotatable bonds is 7. The highest BCUT2D eigenvalue weighted by molar-refractivity contribution is 6.11. The molecule has 2 aromatic carbocycles. The average molecular weight is 441 g/mol. The number of hydrogen-bond acceptors (Lipinski definition) is 4. The van der Waals surface area contributed by atoms with Gasteiger partial charge in [0.25, 0.3) is 5.92 Å². The second kappa shape index (κ2) is 9.04. The van der Waals surface area contributed by atoms with Gasteiger partial charge in [0, 0.05) is 30.3 Å². The normalized spacial score (nSPS) is 15.2. The third-order valence-electron chi connectivity index (χ3n) is 5.33. The van der Waals surface area contributed by atoms with E-state index in [1.807, 2.05) is 32.0 Å². The van der Waals surface area contributed by atoms with E-state index < -0.39 is 24.4 Å². The SMILES string of the molecule is C=C(NCC(O)C(C)(F)F)C1=CC(c2ccc(C)c(C)c2)=NN(c2cccc(F)c2)C1=C. The zero-order valence-corrected chi connectivity index (χ0v) is 18.3. The number of aryl methyl sites for hydroxylation is 2. The number of nitrogens with one attached hydrogen (secondary N) is 1. The summed E-state index contributed by atoms with van der Waals surface area (Å²) in [5.41, 5.74) is 5.23. The van der Waals surface area contributed by atoms with Gasteiger partial charge < -0.3 is 10.4 Å². The lowest BCUT2D eigenvalue weighted by Crippen LogP contribution is -2.39. The zero-order chi connectivity index (χ0) is 23.6. The molecule has 1 atom stereocenters. The molecular weight excluding hydrogens is 415 g/mol. The fourth-order valence-corrected chi connectivity index (χ4v) is 3.15. The number of anilines is 1. The second-order valence-electron chi connectivity index (χ2n) is 7.91. The fraction of sp³-hybridized carbons (Fsp3) is 0.240. The van der Waals surface area contributed by atoms with E-state index in [0.717, 1.165) is 16.7 Å². The number of hydrogen-bond donors (Lipinski definition) is 2. The van der Waals surface area contributed by atoms with Gasteiger partial charge in [-0.25, -0.2) is 18.2 Å². The van der Waals surface area contributed by atoms with Crippen molar-refractivity contribution < 1.29 is 18.3 Å². The van der Waals surface area contributed by atoms with Crippen LogP contribution in [0.3, 0.4) is 0 Å². The summed E-state index contributed by atoms with van der Waals surface area (Å²) in [4.78, 5) is 0. The van der Waals surface area contributed by atoms with Gasteiger partial charge in [0.2, 0.25) is 0 Å². The Balaban J connectivity index is 2.00. The van der Waals surface area contributed by atoms with Crippen LogP contribution >= 0.6 is 0 Å². The summed E-state index contributed by atoms with van der Waals surface area (Å²) in [5.74, 6) is -3.69. The van der Waals surface area contributed by atoms with Gasteiger partial charge in [-0.15, -0.1) is 0 Å². The fourth-order valence-electron chi connectivity index (χ4n) is 3.15. The van der Waals surface area contributed by atoms with Crippen LogP contribution in [0.1, 0.15) is 23.6 Å². The van der Waals surface area contributed by atoms with Crippen molar-refractivity contribution in [2.45, 2.75) is 32.8 Å². The molecule has 3 rings (SSSR count). The van der Waals surface area contributed by atoms with Crippen molar-refractivity contribution in [3.63, 3.8) is 0 Å². The molecule has 2 N–H and O–H groups in total. The van der Waals surface area contributed by atoms with Crippen LogP contribution in [-0.2, 0) is 0 Å². The van der Waals surface area contributed by atoms with Crippen LogP contribution in [0.15, 0.2) is 83.8 Å². The molecule has 0 aromatic heterocycles. The summed E-state index contributed by atoms with van der Waals surface area (Å²) in [5, 5.41) is 18.6. The van der Waals surface area contributed by atoms with E-state index in [1.54, 1.807) is 18.2 Å². The number of allylic oxidation sites excluding steroid dienone is 1. The van der Waals surface area contributed by atoms with E-state index >= 15 is 0 Å². The van der Waals surface area contributed by atoms with Crippen LogP contribution in [0.2, 0.25) is 0 Å². The first-order valence-corrected chi connectivity index (χ1v) is 10.1. The number of benzene rings is 2. The molecule has 0 amide bonds. The molecule has 0 bridgehead atoms. The van der Waals surface area contributed by atoms with E-state index in [4.69, 9.17) is 0 Å². The summed E-state index contributed by atoms with van der Waals surface area (Å²) >= 11 is 0. The first kappa shape index (κ1) is 23.3. The van der Waals surface area contributed by atoms with Crippen molar-refractivity contribution in [2.24, 2.45) is 5.10 Å². The molecule has 1 aliphatic heterocycles. The van der Waals surface area contributed by atoms with Gasteiger partial charge >= 0.3 is 0 Å². The van der Waals surface area contributed by atoms with Crippen LogP contribution < -0.4 is 10.3 Å². The summed E-state index contributed by atoms with van der Waals surface area (Å²) < 4.78 is 40.6. The van der Waals surface area contributed by atoms with Gasteiger partial charge in [0.1, 0.15) is 11.9 Å².